The fraction of sp³-hybridized carbons (Fsp3) is 0.273. The van der Waals surface area contributed by atoms with E-state index >= 15 is 0 Å². The Morgan fingerprint density at radius 2 is 1.74 bits per heavy atom. The fourth-order valence-corrected chi connectivity index (χ4v) is 3.32. The second kappa shape index (κ2) is 7.66. The molecule has 0 aliphatic heterocycles. The van der Waals surface area contributed by atoms with E-state index in [1.807, 2.05) is 35.0 Å². The fourth-order valence-electron chi connectivity index (χ4n) is 3.32. The number of nitrogens with one attached hydrogen (secondary N) is 1. The Labute approximate surface area is 158 Å². The van der Waals surface area contributed by atoms with Crippen LogP contribution in [0, 0.1) is 0 Å². The number of benzene rings is 2. The Bertz CT molecular complexity index is 971. The molecule has 5 nitrogen and oxygen atoms in total. The molecule has 0 spiro atoms. The van der Waals surface area contributed by atoms with Crippen LogP contribution < -0.4 is 5.32 Å². The maximum absolute atomic E-state index is 11.7. The quantitative estimate of drug-likeness (QED) is 0.692. The van der Waals surface area contributed by atoms with E-state index in [0.29, 0.717) is 18.0 Å². The summed E-state index contributed by atoms with van der Waals surface area (Å²) in [6.07, 6.45) is 1.83. The van der Waals surface area contributed by atoms with Crippen LogP contribution in [0.5, 0.6) is 0 Å². The first-order valence-corrected chi connectivity index (χ1v) is 9.03. The number of rotatable bonds is 6. The molecular weight excluding hydrogens is 340 g/mol. The number of nitrogens with zero attached hydrogens (tertiary/aromatic N) is 1. The zero-order chi connectivity index (χ0) is 19.6. The Morgan fingerprint density at radius 1 is 1.07 bits per heavy atom. The summed E-state index contributed by atoms with van der Waals surface area (Å²) in [6, 6.07) is 15.1. The SMILES string of the molecule is CC(=O)NC(C(=O)O)c1cn(Cc2ccc(C(C)C)cc2)c2ccccc12. The first kappa shape index (κ1) is 18.7. The standard InChI is InChI=1S/C22H24N2O3/c1-14(2)17-10-8-16(9-11-17)12-24-13-19(18-6-4-5-7-20(18)24)21(22(26)27)23-15(3)25/h4-11,13-14,21H,12H2,1-3H3,(H,23,25)(H,26,27). The molecule has 0 radical (unpaired) electrons. The highest BCUT2D eigenvalue weighted by Crippen LogP contribution is 2.28. The van der Waals surface area contributed by atoms with Gasteiger partial charge in [-0.2, -0.15) is 0 Å². The third kappa shape index (κ3) is 4.03. The molecule has 27 heavy (non-hydrogen) atoms. The van der Waals surface area contributed by atoms with Crippen molar-refractivity contribution in [3.05, 3.63) is 71.4 Å². The van der Waals surface area contributed by atoms with Crippen molar-refractivity contribution in [2.75, 3.05) is 0 Å². The molecule has 0 aliphatic carbocycles. The van der Waals surface area contributed by atoms with Crippen molar-refractivity contribution in [1.29, 1.82) is 0 Å². The van der Waals surface area contributed by atoms with E-state index in [1.54, 1.807) is 0 Å². The molecule has 1 aromatic heterocycles. The minimum Gasteiger partial charge on any atom is -0.479 e. The van der Waals surface area contributed by atoms with Gasteiger partial charge < -0.3 is 15.0 Å². The third-order valence-corrected chi connectivity index (χ3v) is 4.72. The topological polar surface area (TPSA) is 71.3 Å². The summed E-state index contributed by atoms with van der Waals surface area (Å²) < 4.78 is 2.03. The summed E-state index contributed by atoms with van der Waals surface area (Å²) in [7, 11) is 0. The third-order valence-electron chi connectivity index (χ3n) is 4.72. The zero-order valence-electron chi connectivity index (χ0n) is 15.8. The monoisotopic (exact) mass is 364 g/mol. The normalized spacial score (nSPS) is 12.3. The predicted molar refractivity (Wildman–Crippen MR) is 106 cm³/mol. The molecule has 2 aromatic carbocycles. The Kier molecular flexibility index (Phi) is 5.31. The van der Waals surface area contributed by atoms with Gasteiger partial charge in [-0.1, -0.05) is 56.3 Å². The molecule has 0 bridgehead atoms. The summed E-state index contributed by atoms with van der Waals surface area (Å²) in [5.41, 5.74) is 3.95. The Morgan fingerprint density at radius 3 is 2.33 bits per heavy atom. The van der Waals surface area contributed by atoms with E-state index in [-0.39, 0.29) is 5.91 Å². The minimum absolute atomic E-state index is 0.372. The molecule has 1 amide bonds. The van der Waals surface area contributed by atoms with E-state index < -0.39 is 12.0 Å². The second-order valence-corrected chi connectivity index (χ2v) is 7.10. The number of carbonyl (C=O) groups excluding carboxylic acids is 1. The number of aliphatic carboxylic acids is 1. The summed E-state index contributed by atoms with van der Waals surface area (Å²) in [4.78, 5) is 23.2. The number of hydrogen-bond acceptors (Lipinski definition) is 2. The number of hydrogen-bond donors (Lipinski definition) is 2. The number of carbonyl (C=O) groups is 2. The summed E-state index contributed by atoms with van der Waals surface area (Å²) in [6.45, 7) is 6.28. The van der Waals surface area contributed by atoms with Crippen LogP contribution >= 0.6 is 0 Å². The highest BCUT2D eigenvalue weighted by atomic mass is 16.4. The van der Waals surface area contributed by atoms with Gasteiger partial charge in [0.1, 0.15) is 0 Å². The molecule has 3 aromatic rings. The largest absolute Gasteiger partial charge is 0.479 e. The molecule has 0 saturated heterocycles. The Hall–Kier alpha value is -3.08. The molecular formula is C22H24N2O3. The summed E-state index contributed by atoms with van der Waals surface area (Å²) >= 11 is 0. The van der Waals surface area contributed by atoms with Gasteiger partial charge in [-0.05, 0) is 23.1 Å². The van der Waals surface area contributed by atoms with Crippen molar-refractivity contribution in [3.8, 4) is 0 Å². The highest BCUT2D eigenvalue weighted by molar-refractivity contribution is 5.92. The van der Waals surface area contributed by atoms with Gasteiger partial charge in [0, 0.05) is 36.1 Å². The van der Waals surface area contributed by atoms with Crippen LogP contribution in [0.15, 0.2) is 54.7 Å². The van der Waals surface area contributed by atoms with E-state index in [9.17, 15) is 14.7 Å². The first-order chi connectivity index (χ1) is 12.9. The molecule has 5 heteroatoms. The van der Waals surface area contributed by atoms with Gasteiger partial charge in [0.2, 0.25) is 5.91 Å². The van der Waals surface area contributed by atoms with Crippen molar-refractivity contribution >= 4 is 22.8 Å². The molecule has 0 fully saturated rings. The lowest BCUT2D eigenvalue weighted by Crippen LogP contribution is -2.31. The van der Waals surface area contributed by atoms with E-state index in [4.69, 9.17) is 0 Å². The molecule has 1 atom stereocenters. The van der Waals surface area contributed by atoms with Gasteiger partial charge >= 0.3 is 5.97 Å². The van der Waals surface area contributed by atoms with Crippen molar-refractivity contribution in [2.45, 2.75) is 39.3 Å². The average Bonchev–Trinajstić information content (AvgIpc) is 2.98. The maximum Gasteiger partial charge on any atom is 0.330 e. The minimum atomic E-state index is -1.07. The lowest BCUT2D eigenvalue weighted by molar-refractivity contribution is -0.141. The van der Waals surface area contributed by atoms with Crippen LogP contribution in [0.4, 0.5) is 0 Å². The molecule has 2 N–H and O–H groups in total. The van der Waals surface area contributed by atoms with Crippen molar-refractivity contribution in [1.82, 2.24) is 9.88 Å². The van der Waals surface area contributed by atoms with Gasteiger partial charge in [-0.3, -0.25) is 4.79 Å². The van der Waals surface area contributed by atoms with Crippen LogP contribution in [0.1, 0.15) is 49.4 Å². The Balaban J connectivity index is 2.01. The summed E-state index contributed by atoms with van der Waals surface area (Å²) in [5, 5.41) is 13.0. The highest BCUT2D eigenvalue weighted by Gasteiger charge is 2.25. The van der Waals surface area contributed by atoms with Gasteiger partial charge in [0.25, 0.3) is 0 Å². The molecule has 1 unspecified atom stereocenters. The van der Waals surface area contributed by atoms with Crippen molar-refractivity contribution < 1.29 is 14.7 Å². The van der Waals surface area contributed by atoms with E-state index in [1.165, 1.54) is 12.5 Å². The van der Waals surface area contributed by atoms with E-state index in [2.05, 4.69) is 43.4 Å². The predicted octanol–water partition coefficient (Wildman–Crippen LogP) is 4.07. The zero-order valence-corrected chi connectivity index (χ0v) is 15.8. The van der Waals surface area contributed by atoms with Crippen molar-refractivity contribution in [3.63, 3.8) is 0 Å². The lowest BCUT2D eigenvalue weighted by atomic mass is 10.0. The number of carboxylic acid groups (broad SMARTS) is 1. The molecule has 1 heterocycles. The second-order valence-electron chi connectivity index (χ2n) is 7.10. The molecule has 0 aliphatic rings. The first-order valence-electron chi connectivity index (χ1n) is 9.03. The maximum atomic E-state index is 11.7. The average molecular weight is 364 g/mol. The van der Waals surface area contributed by atoms with Gasteiger partial charge in [-0.15, -0.1) is 0 Å². The van der Waals surface area contributed by atoms with Gasteiger partial charge in [0.05, 0.1) is 0 Å². The van der Waals surface area contributed by atoms with Crippen LogP contribution in [-0.4, -0.2) is 21.6 Å². The lowest BCUT2D eigenvalue weighted by Gasteiger charge is -2.12. The molecule has 140 valence electrons. The number of para-hydroxylation sites is 1. The van der Waals surface area contributed by atoms with E-state index in [0.717, 1.165) is 16.5 Å². The molecule has 0 saturated carbocycles. The number of aromatic nitrogens is 1. The van der Waals surface area contributed by atoms with Crippen molar-refractivity contribution in [2.24, 2.45) is 0 Å². The van der Waals surface area contributed by atoms with Gasteiger partial charge in [0.15, 0.2) is 6.04 Å². The smallest absolute Gasteiger partial charge is 0.330 e. The molecule has 3 rings (SSSR count). The van der Waals surface area contributed by atoms with Crippen LogP contribution in [-0.2, 0) is 16.1 Å². The number of amides is 1. The van der Waals surface area contributed by atoms with Crippen LogP contribution in [0.2, 0.25) is 0 Å². The van der Waals surface area contributed by atoms with Crippen LogP contribution in [0.3, 0.4) is 0 Å². The number of fused-ring (bicyclic) bond motifs is 1. The van der Waals surface area contributed by atoms with Gasteiger partial charge in [-0.25, -0.2) is 4.79 Å². The number of carboxylic acids is 1. The van der Waals surface area contributed by atoms with Crippen LogP contribution in [0.25, 0.3) is 10.9 Å². The summed E-state index contributed by atoms with van der Waals surface area (Å²) in [5.74, 6) is -0.968.